The number of hydrogen-bond donors (Lipinski definition) is 0. The number of ether oxygens (including phenoxy) is 2. The van der Waals surface area contributed by atoms with Crippen LogP contribution in [0.2, 0.25) is 5.02 Å². The van der Waals surface area contributed by atoms with E-state index in [-0.39, 0.29) is 10.6 Å². The average Bonchev–Trinajstić information content (AvgIpc) is 2.76. The summed E-state index contributed by atoms with van der Waals surface area (Å²) < 4.78 is 12.9. The van der Waals surface area contributed by atoms with Gasteiger partial charge in [0.2, 0.25) is 0 Å². The van der Waals surface area contributed by atoms with Crippen molar-refractivity contribution in [2.45, 2.75) is 32.8 Å². The van der Waals surface area contributed by atoms with Crippen molar-refractivity contribution in [3.63, 3.8) is 0 Å². The fourth-order valence-corrected chi connectivity index (χ4v) is 4.30. The summed E-state index contributed by atoms with van der Waals surface area (Å²) in [6, 6.07) is 8.74. The van der Waals surface area contributed by atoms with Crippen molar-refractivity contribution in [1.29, 1.82) is 0 Å². The van der Waals surface area contributed by atoms with Gasteiger partial charge in [0.05, 0.1) is 33.7 Å². The molecule has 0 aliphatic rings. The van der Waals surface area contributed by atoms with Crippen LogP contribution in [-0.4, -0.2) is 35.1 Å². The molecule has 0 unspecified atom stereocenters. The minimum Gasteiger partial charge on any atom is -0.476 e. The topological polar surface area (TPSA) is 82.8 Å². The van der Waals surface area contributed by atoms with Crippen LogP contribution in [0.5, 0.6) is 5.75 Å². The van der Waals surface area contributed by atoms with Crippen LogP contribution in [0.4, 0.5) is 0 Å². The molecule has 168 valence electrons. The van der Waals surface area contributed by atoms with Crippen LogP contribution in [0.3, 0.4) is 0 Å². The lowest BCUT2D eigenvalue weighted by atomic mass is 10.2. The third-order valence-corrected chi connectivity index (χ3v) is 5.88. The lowest BCUT2D eigenvalue weighted by molar-refractivity contribution is -0.147. The van der Waals surface area contributed by atoms with Gasteiger partial charge in [-0.3, -0.25) is 4.79 Å². The molecule has 0 N–H and O–H groups in total. The molecule has 32 heavy (non-hydrogen) atoms. The first kappa shape index (κ1) is 24.4. The van der Waals surface area contributed by atoms with E-state index in [1.807, 2.05) is 13.0 Å². The normalized spacial score (nSPS) is 12.3. The number of carbonyl (C=O) groups is 1. The molecule has 0 bridgehead atoms. The lowest BCUT2D eigenvalue weighted by Gasteiger charge is -2.15. The minimum atomic E-state index is -0.827. The van der Waals surface area contributed by atoms with E-state index in [0.717, 1.165) is 10.9 Å². The van der Waals surface area contributed by atoms with Crippen molar-refractivity contribution < 1.29 is 14.3 Å². The van der Waals surface area contributed by atoms with Crippen molar-refractivity contribution in [3.05, 3.63) is 66.0 Å². The van der Waals surface area contributed by atoms with Gasteiger partial charge < -0.3 is 9.47 Å². The number of esters is 1. The first-order valence-corrected chi connectivity index (χ1v) is 11.7. The number of halogens is 3. The van der Waals surface area contributed by atoms with Crippen LogP contribution in [0.1, 0.15) is 31.7 Å². The predicted molar refractivity (Wildman–Crippen MR) is 132 cm³/mol. The highest BCUT2D eigenvalue weighted by Crippen LogP contribution is 2.35. The van der Waals surface area contributed by atoms with Crippen molar-refractivity contribution in [1.82, 2.24) is 9.66 Å². The highest BCUT2D eigenvalue weighted by atomic mass is 79.9. The summed E-state index contributed by atoms with van der Waals surface area (Å²) in [6.45, 7) is 3.58. The lowest BCUT2D eigenvalue weighted by Crippen LogP contribution is -2.25. The Hall–Kier alpha value is -2.23. The largest absolute Gasteiger partial charge is 0.476 e. The zero-order valence-corrected chi connectivity index (χ0v) is 21.5. The third-order valence-electron chi connectivity index (χ3n) is 4.52. The molecule has 10 heteroatoms. The Morgan fingerprint density at radius 3 is 2.72 bits per heavy atom. The Labute approximate surface area is 206 Å². The van der Waals surface area contributed by atoms with E-state index >= 15 is 0 Å². The number of methoxy groups -OCH3 is 1. The molecular weight excluding hydrogens is 566 g/mol. The number of aromatic nitrogens is 2. The Bertz CT molecular complexity index is 1240. The average molecular weight is 586 g/mol. The third kappa shape index (κ3) is 5.39. The van der Waals surface area contributed by atoms with E-state index in [0.29, 0.717) is 38.9 Å². The van der Waals surface area contributed by atoms with Gasteiger partial charge in [-0.1, -0.05) is 34.5 Å². The Morgan fingerprint density at radius 2 is 2.06 bits per heavy atom. The second-order valence-corrected chi connectivity index (χ2v) is 9.08. The zero-order valence-electron chi connectivity index (χ0n) is 17.6. The molecule has 7 nitrogen and oxygen atoms in total. The summed E-state index contributed by atoms with van der Waals surface area (Å²) in [5.41, 5.74) is 0.997. The molecule has 3 aromatic rings. The summed E-state index contributed by atoms with van der Waals surface area (Å²) in [7, 11) is 1.29. The van der Waals surface area contributed by atoms with E-state index in [2.05, 4.69) is 46.7 Å². The molecule has 0 fully saturated rings. The number of fused-ring (bicyclic) bond motifs is 1. The molecule has 0 amide bonds. The number of carbonyl (C=O) groups excluding carboxylic acids is 1. The molecule has 0 spiro atoms. The number of aryl methyl sites for hydroxylation is 1. The maximum absolute atomic E-state index is 13.1. The van der Waals surface area contributed by atoms with Gasteiger partial charge in [0.15, 0.2) is 11.9 Å². The standard InChI is InChI=1S/C22H20Br2ClN3O4/c1-4-5-19-27-18-7-6-14(23)10-15(18)21(29)28(19)26-11-13-8-16(24)20(17(25)9-13)32-12(2)22(30)31-3/h6-12H,4-5H2,1-3H3/t12-/m0/s1. The first-order valence-electron chi connectivity index (χ1n) is 9.74. The Balaban J connectivity index is 2.00. The summed E-state index contributed by atoms with van der Waals surface area (Å²) in [4.78, 5) is 29.3. The fourth-order valence-electron chi connectivity index (χ4n) is 2.98. The van der Waals surface area contributed by atoms with E-state index in [4.69, 9.17) is 16.3 Å². The number of benzene rings is 2. The van der Waals surface area contributed by atoms with Crippen LogP contribution in [0, 0.1) is 0 Å². The molecule has 1 aromatic heterocycles. The van der Waals surface area contributed by atoms with Crippen LogP contribution in [0.15, 0.2) is 49.2 Å². The van der Waals surface area contributed by atoms with Gasteiger partial charge in [-0.25, -0.2) is 9.78 Å². The van der Waals surface area contributed by atoms with Gasteiger partial charge in [0, 0.05) is 10.9 Å². The maximum atomic E-state index is 13.1. The second-order valence-electron chi connectivity index (χ2n) is 6.90. The highest BCUT2D eigenvalue weighted by Gasteiger charge is 2.19. The molecule has 1 heterocycles. The summed E-state index contributed by atoms with van der Waals surface area (Å²) in [5.74, 6) is 0.361. The summed E-state index contributed by atoms with van der Waals surface area (Å²) >= 11 is 13.2. The Morgan fingerprint density at radius 1 is 1.31 bits per heavy atom. The monoisotopic (exact) mass is 583 g/mol. The predicted octanol–water partition coefficient (Wildman–Crippen LogP) is 5.35. The zero-order chi connectivity index (χ0) is 23.4. The quantitative estimate of drug-likeness (QED) is 0.276. The van der Waals surface area contributed by atoms with Gasteiger partial charge in [0.1, 0.15) is 5.82 Å². The van der Waals surface area contributed by atoms with Gasteiger partial charge >= 0.3 is 5.97 Å². The number of nitrogens with zero attached hydrogens (tertiary/aromatic N) is 3. The molecule has 3 rings (SSSR count). The van der Waals surface area contributed by atoms with E-state index in [9.17, 15) is 9.59 Å². The van der Waals surface area contributed by atoms with Crippen molar-refractivity contribution in [2.75, 3.05) is 7.11 Å². The van der Waals surface area contributed by atoms with Crippen LogP contribution >= 0.6 is 43.5 Å². The van der Waals surface area contributed by atoms with Crippen LogP contribution in [-0.2, 0) is 16.0 Å². The van der Waals surface area contributed by atoms with Gasteiger partial charge in [-0.15, -0.1) is 0 Å². The fraction of sp³-hybridized carbons (Fsp3) is 0.273. The van der Waals surface area contributed by atoms with E-state index < -0.39 is 12.1 Å². The molecule has 2 aromatic carbocycles. The minimum absolute atomic E-state index is 0.256. The molecule has 0 saturated carbocycles. The summed E-state index contributed by atoms with van der Waals surface area (Å²) in [5, 5.41) is 5.14. The van der Waals surface area contributed by atoms with Gasteiger partial charge in [-0.05, 0) is 65.2 Å². The van der Waals surface area contributed by atoms with Crippen molar-refractivity contribution >= 4 is 66.5 Å². The maximum Gasteiger partial charge on any atom is 0.346 e. The number of hydrogen-bond acceptors (Lipinski definition) is 6. The second kappa shape index (κ2) is 10.6. The first-order chi connectivity index (χ1) is 15.2. The van der Waals surface area contributed by atoms with Gasteiger partial charge in [0.25, 0.3) is 5.56 Å². The van der Waals surface area contributed by atoms with Crippen LogP contribution < -0.4 is 10.3 Å². The smallest absolute Gasteiger partial charge is 0.346 e. The van der Waals surface area contributed by atoms with Gasteiger partial charge in [-0.2, -0.15) is 9.78 Å². The molecule has 1 atom stereocenters. The molecule has 0 aliphatic carbocycles. The van der Waals surface area contributed by atoms with Crippen molar-refractivity contribution in [2.24, 2.45) is 5.10 Å². The summed E-state index contributed by atoms with van der Waals surface area (Å²) in [6.07, 6.45) is 2.11. The van der Waals surface area contributed by atoms with E-state index in [1.54, 1.807) is 31.2 Å². The Kier molecular flexibility index (Phi) is 8.08. The molecule has 0 aliphatic heterocycles. The SMILES string of the molecule is CCCc1nc2ccc(Br)cc2c(=O)n1N=Cc1cc(Cl)c(O[C@@H](C)C(=O)OC)c(Br)c1. The molecule has 0 saturated heterocycles. The number of rotatable bonds is 7. The molecule has 0 radical (unpaired) electrons. The van der Waals surface area contributed by atoms with Crippen LogP contribution in [0.25, 0.3) is 10.9 Å². The highest BCUT2D eigenvalue weighted by molar-refractivity contribution is 9.10. The van der Waals surface area contributed by atoms with E-state index in [1.165, 1.54) is 18.0 Å². The van der Waals surface area contributed by atoms with Crippen molar-refractivity contribution in [3.8, 4) is 5.75 Å². The molecular formula is C22H20Br2ClN3O4.